The van der Waals surface area contributed by atoms with E-state index in [-0.39, 0.29) is 11.5 Å². The van der Waals surface area contributed by atoms with Crippen LogP contribution in [0, 0.1) is 11.6 Å². The van der Waals surface area contributed by atoms with Crippen LogP contribution < -0.4 is 4.74 Å². The van der Waals surface area contributed by atoms with Gasteiger partial charge in [-0.25, -0.2) is 8.78 Å². The number of benzene rings is 2. The summed E-state index contributed by atoms with van der Waals surface area (Å²) in [6, 6.07) is 9.83. The molecule has 1 N–H and O–H groups in total. The van der Waals surface area contributed by atoms with Crippen molar-refractivity contribution in [2.24, 2.45) is 0 Å². The molecule has 2 rings (SSSR count). The van der Waals surface area contributed by atoms with Crippen LogP contribution in [0.1, 0.15) is 18.6 Å². The molecule has 0 radical (unpaired) electrons. The molecule has 0 fully saturated rings. The topological polar surface area (TPSA) is 29.5 Å². The molecule has 4 heteroatoms. The fraction of sp³-hybridized carbons (Fsp3) is 0.143. The highest BCUT2D eigenvalue weighted by molar-refractivity contribution is 5.35. The highest BCUT2D eigenvalue weighted by Crippen LogP contribution is 2.28. The zero-order chi connectivity index (χ0) is 13.1. The Balaban J connectivity index is 2.28. The molecule has 18 heavy (non-hydrogen) atoms. The molecule has 0 aliphatic heterocycles. The van der Waals surface area contributed by atoms with E-state index < -0.39 is 17.7 Å². The van der Waals surface area contributed by atoms with E-state index in [2.05, 4.69) is 0 Å². The molecule has 2 aromatic rings. The second-order valence-electron chi connectivity index (χ2n) is 3.90. The van der Waals surface area contributed by atoms with Crippen LogP contribution in [0.3, 0.4) is 0 Å². The van der Waals surface area contributed by atoms with Crippen LogP contribution in [-0.4, -0.2) is 5.11 Å². The Kier molecular flexibility index (Phi) is 3.58. The maximum Gasteiger partial charge on any atom is 0.166 e. The fourth-order valence-electron chi connectivity index (χ4n) is 1.51. The number of rotatable bonds is 3. The van der Waals surface area contributed by atoms with E-state index in [1.165, 1.54) is 43.3 Å². The van der Waals surface area contributed by atoms with Gasteiger partial charge in [-0.1, -0.05) is 18.2 Å². The first-order valence-corrected chi connectivity index (χ1v) is 5.48. The first-order valence-electron chi connectivity index (χ1n) is 5.48. The summed E-state index contributed by atoms with van der Waals surface area (Å²) in [4.78, 5) is 0. The zero-order valence-electron chi connectivity index (χ0n) is 9.73. The lowest BCUT2D eigenvalue weighted by molar-refractivity contribution is 0.198. The Labute approximate surface area is 103 Å². The van der Waals surface area contributed by atoms with Gasteiger partial charge in [0.25, 0.3) is 0 Å². The summed E-state index contributed by atoms with van der Waals surface area (Å²) in [6.45, 7) is 1.53. The molecule has 0 saturated heterocycles. The lowest BCUT2D eigenvalue weighted by Crippen LogP contribution is -1.95. The van der Waals surface area contributed by atoms with Crippen LogP contribution >= 0.6 is 0 Å². The quantitative estimate of drug-likeness (QED) is 0.897. The minimum absolute atomic E-state index is 0.0406. The number of para-hydroxylation sites is 1. The van der Waals surface area contributed by atoms with Gasteiger partial charge in [-0.15, -0.1) is 0 Å². The van der Waals surface area contributed by atoms with E-state index in [0.717, 1.165) is 0 Å². The van der Waals surface area contributed by atoms with Gasteiger partial charge in [0.2, 0.25) is 0 Å². The maximum absolute atomic E-state index is 13.7. The van der Waals surface area contributed by atoms with Crippen molar-refractivity contribution in [3.8, 4) is 11.5 Å². The van der Waals surface area contributed by atoms with Crippen molar-refractivity contribution >= 4 is 0 Å². The van der Waals surface area contributed by atoms with Gasteiger partial charge >= 0.3 is 0 Å². The molecule has 1 atom stereocenters. The summed E-state index contributed by atoms with van der Waals surface area (Å²) in [6.07, 6.45) is -0.762. The van der Waals surface area contributed by atoms with E-state index in [1.807, 2.05) is 0 Å². The number of ether oxygens (including phenoxy) is 1. The van der Waals surface area contributed by atoms with Crippen molar-refractivity contribution in [3.63, 3.8) is 0 Å². The van der Waals surface area contributed by atoms with E-state index in [0.29, 0.717) is 5.56 Å². The molecule has 0 unspecified atom stereocenters. The highest BCUT2D eigenvalue weighted by Gasteiger charge is 2.10. The Morgan fingerprint density at radius 2 is 1.67 bits per heavy atom. The highest BCUT2D eigenvalue weighted by atomic mass is 19.1. The first kappa shape index (κ1) is 12.5. The molecule has 0 aliphatic carbocycles. The zero-order valence-corrected chi connectivity index (χ0v) is 9.73. The second-order valence-corrected chi connectivity index (χ2v) is 3.90. The van der Waals surface area contributed by atoms with Crippen LogP contribution in [0.5, 0.6) is 11.5 Å². The SMILES string of the molecule is C[C@H](O)c1ccc(Oc2ccccc2F)c(F)c1. The maximum atomic E-state index is 13.7. The molecule has 0 amide bonds. The van der Waals surface area contributed by atoms with Crippen molar-refractivity contribution in [1.29, 1.82) is 0 Å². The minimum Gasteiger partial charge on any atom is -0.451 e. The number of hydrogen-bond donors (Lipinski definition) is 1. The predicted octanol–water partition coefficient (Wildman–Crippen LogP) is 3.81. The van der Waals surface area contributed by atoms with Gasteiger partial charge < -0.3 is 9.84 Å². The normalized spacial score (nSPS) is 12.2. The van der Waals surface area contributed by atoms with Crippen LogP contribution in [0.4, 0.5) is 8.78 Å². The molecule has 0 saturated carbocycles. The molecule has 2 nitrogen and oxygen atoms in total. The predicted molar refractivity (Wildman–Crippen MR) is 63.5 cm³/mol. The number of hydrogen-bond acceptors (Lipinski definition) is 2. The van der Waals surface area contributed by atoms with Gasteiger partial charge in [0.15, 0.2) is 23.1 Å². The largest absolute Gasteiger partial charge is 0.451 e. The van der Waals surface area contributed by atoms with Gasteiger partial charge in [-0.2, -0.15) is 0 Å². The summed E-state index contributed by atoms with van der Waals surface area (Å²) in [7, 11) is 0. The number of aliphatic hydroxyl groups excluding tert-OH is 1. The standard InChI is InChI=1S/C14H12F2O2/c1-9(17)10-6-7-14(12(16)8-10)18-13-5-3-2-4-11(13)15/h2-9,17H,1H3/t9-/m0/s1. The Bertz CT molecular complexity index is 553. The molecule has 94 valence electrons. The number of halogens is 2. The van der Waals surface area contributed by atoms with Gasteiger partial charge in [0.1, 0.15) is 0 Å². The van der Waals surface area contributed by atoms with E-state index >= 15 is 0 Å². The average Bonchev–Trinajstić information content (AvgIpc) is 2.34. The van der Waals surface area contributed by atoms with E-state index in [4.69, 9.17) is 4.74 Å². The van der Waals surface area contributed by atoms with Gasteiger partial charge in [0, 0.05) is 0 Å². The van der Waals surface area contributed by atoms with E-state index in [9.17, 15) is 13.9 Å². The summed E-state index contributed by atoms with van der Waals surface area (Å²) in [5.74, 6) is -1.32. The monoisotopic (exact) mass is 250 g/mol. The van der Waals surface area contributed by atoms with Crippen molar-refractivity contribution < 1.29 is 18.6 Å². The third kappa shape index (κ3) is 2.65. The molecule has 0 aliphatic rings. The molecule has 0 aromatic heterocycles. The van der Waals surface area contributed by atoms with Crippen molar-refractivity contribution in [1.82, 2.24) is 0 Å². The minimum atomic E-state index is -0.762. The van der Waals surface area contributed by atoms with Gasteiger partial charge in [0.05, 0.1) is 6.10 Å². The summed E-state index contributed by atoms with van der Waals surface area (Å²) < 4.78 is 32.1. The van der Waals surface area contributed by atoms with Crippen molar-refractivity contribution in [2.45, 2.75) is 13.0 Å². The van der Waals surface area contributed by atoms with Gasteiger partial charge in [-0.3, -0.25) is 0 Å². The summed E-state index contributed by atoms with van der Waals surface area (Å²) >= 11 is 0. The lowest BCUT2D eigenvalue weighted by Gasteiger charge is -2.10. The van der Waals surface area contributed by atoms with Crippen molar-refractivity contribution in [3.05, 3.63) is 59.7 Å². The van der Waals surface area contributed by atoms with Crippen LogP contribution in [0.25, 0.3) is 0 Å². The molecular formula is C14H12F2O2. The molecule has 0 spiro atoms. The Morgan fingerprint density at radius 1 is 1.00 bits per heavy atom. The van der Waals surface area contributed by atoms with Crippen molar-refractivity contribution in [2.75, 3.05) is 0 Å². The fourth-order valence-corrected chi connectivity index (χ4v) is 1.51. The summed E-state index contributed by atoms with van der Waals surface area (Å²) in [5, 5.41) is 9.31. The first-order chi connectivity index (χ1) is 8.58. The van der Waals surface area contributed by atoms with Crippen LogP contribution in [0.15, 0.2) is 42.5 Å². The smallest absolute Gasteiger partial charge is 0.166 e. The molecule has 0 heterocycles. The number of aliphatic hydroxyl groups is 1. The molecular weight excluding hydrogens is 238 g/mol. The van der Waals surface area contributed by atoms with Crippen LogP contribution in [-0.2, 0) is 0 Å². The Hall–Kier alpha value is -1.94. The summed E-state index contributed by atoms with van der Waals surface area (Å²) in [5.41, 5.74) is 0.438. The lowest BCUT2D eigenvalue weighted by atomic mass is 10.1. The Morgan fingerprint density at radius 3 is 2.28 bits per heavy atom. The second kappa shape index (κ2) is 5.14. The molecule has 2 aromatic carbocycles. The molecule has 0 bridgehead atoms. The van der Waals surface area contributed by atoms with Crippen LogP contribution in [0.2, 0.25) is 0 Å². The van der Waals surface area contributed by atoms with E-state index in [1.54, 1.807) is 6.07 Å². The average molecular weight is 250 g/mol. The third-order valence-corrected chi connectivity index (χ3v) is 2.49. The van der Waals surface area contributed by atoms with Gasteiger partial charge in [-0.05, 0) is 36.8 Å². The third-order valence-electron chi connectivity index (χ3n) is 2.49.